The summed E-state index contributed by atoms with van der Waals surface area (Å²) in [4.78, 5) is 11.7. The fourth-order valence-corrected chi connectivity index (χ4v) is 2.53. The molecule has 0 heterocycles. The highest BCUT2D eigenvalue weighted by Gasteiger charge is 2.17. The largest absolute Gasteiger partial charge is 0.484 e. The van der Waals surface area contributed by atoms with Gasteiger partial charge in [0.05, 0.1) is 6.61 Å². The highest BCUT2D eigenvalue weighted by molar-refractivity contribution is 9.10. The van der Waals surface area contributed by atoms with Gasteiger partial charge in [-0.1, -0.05) is 22.0 Å². The number of hydrogen-bond donors (Lipinski definition) is 2. The molecule has 0 fully saturated rings. The fourth-order valence-electron chi connectivity index (χ4n) is 1.53. The lowest BCUT2D eigenvalue weighted by Crippen LogP contribution is -2.43. The van der Waals surface area contributed by atoms with Crippen molar-refractivity contribution in [2.45, 2.75) is 18.2 Å². The zero-order chi connectivity index (χ0) is 14.3. The monoisotopic (exact) mass is 347 g/mol. The van der Waals surface area contributed by atoms with Gasteiger partial charge in [-0.3, -0.25) is 4.79 Å². The third kappa shape index (κ3) is 5.84. The highest BCUT2D eigenvalue weighted by Crippen LogP contribution is 2.17. The molecule has 2 atom stereocenters. The second kappa shape index (κ2) is 8.45. The molecule has 0 bridgehead atoms. The maximum Gasteiger partial charge on any atom is 0.258 e. The molecule has 0 aromatic heterocycles. The van der Waals surface area contributed by atoms with E-state index in [9.17, 15) is 4.79 Å². The van der Waals surface area contributed by atoms with Gasteiger partial charge in [-0.2, -0.15) is 11.8 Å². The van der Waals surface area contributed by atoms with Crippen LogP contribution in [0, 0.1) is 0 Å². The molecular weight excluding hydrogens is 330 g/mol. The SMILES string of the molecule is CSC(CO)C(C)NC(=O)COc1cccc(Br)c1. The van der Waals surface area contributed by atoms with Gasteiger partial charge in [0.15, 0.2) is 6.61 Å². The average Bonchev–Trinajstić information content (AvgIpc) is 2.38. The number of carbonyl (C=O) groups is 1. The maximum absolute atomic E-state index is 11.7. The number of rotatable bonds is 7. The molecule has 106 valence electrons. The average molecular weight is 348 g/mol. The molecule has 1 amide bonds. The molecule has 4 nitrogen and oxygen atoms in total. The molecule has 0 spiro atoms. The number of thioether (sulfide) groups is 1. The second-order valence-corrected chi connectivity index (χ2v) is 6.05. The standard InChI is InChI=1S/C13H18BrNO3S/c1-9(12(7-16)19-2)15-13(17)8-18-11-5-3-4-10(14)6-11/h3-6,9,12,16H,7-8H2,1-2H3,(H,15,17). The first-order valence-corrected chi connectivity index (χ1v) is 7.96. The summed E-state index contributed by atoms with van der Waals surface area (Å²) < 4.78 is 6.29. The van der Waals surface area contributed by atoms with Crippen LogP contribution in [0.15, 0.2) is 28.7 Å². The van der Waals surface area contributed by atoms with Gasteiger partial charge in [-0.25, -0.2) is 0 Å². The van der Waals surface area contributed by atoms with Gasteiger partial charge >= 0.3 is 0 Å². The smallest absolute Gasteiger partial charge is 0.258 e. The molecule has 1 aromatic rings. The second-order valence-electron chi connectivity index (χ2n) is 4.06. The molecule has 0 aliphatic carbocycles. The molecule has 1 aromatic carbocycles. The van der Waals surface area contributed by atoms with E-state index in [4.69, 9.17) is 9.84 Å². The van der Waals surface area contributed by atoms with Crippen LogP contribution in [0.25, 0.3) is 0 Å². The molecule has 0 saturated heterocycles. The van der Waals surface area contributed by atoms with E-state index in [0.717, 1.165) is 4.47 Å². The van der Waals surface area contributed by atoms with Gasteiger partial charge in [0, 0.05) is 15.8 Å². The van der Waals surface area contributed by atoms with Crippen LogP contribution in [-0.2, 0) is 4.79 Å². The summed E-state index contributed by atoms with van der Waals surface area (Å²) in [7, 11) is 0. The van der Waals surface area contributed by atoms with Crippen molar-refractivity contribution < 1.29 is 14.6 Å². The van der Waals surface area contributed by atoms with Crippen molar-refractivity contribution in [1.82, 2.24) is 5.32 Å². The van der Waals surface area contributed by atoms with Crippen molar-refractivity contribution >= 4 is 33.6 Å². The molecule has 0 saturated carbocycles. The summed E-state index contributed by atoms with van der Waals surface area (Å²) in [5.41, 5.74) is 0. The lowest BCUT2D eigenvalue weighted by atomic mass is 10.2. The minimum Gasteiger partial charge on any atom is -0.484 e. The van der Waals surface area contributed by atoms with E-state index in [1.807, 2.05) is 25.3 Å². The Labute approximate surface area is 126 Å². The first-order chi connectivity index (χ1) is 9.06. The maximum atomic E-state index is 11.7. The molecule has 2 unspecified atom stereocenters. The first-order valence-electron chi connectivity index (χ1n) is 5.88. The summed E-state index contributed by atoms with van der Waals surface area (Å²) in [5, 5.41) is 11.9. The predicted molar refractivity (Wildman–Crippen MR) is 81.6 cm³/mol. The highest BCUT2D eigenvalue weighted by atomic mass is 79.9. The normalized spacial score (nSPS) is 13.7. The van der Waals surface area contributed by atoms with Crippen molar-refractivity contribution in [2.24, 2.45) is 0 Å². The van der Waals surface area contributed by atoms with Gasteiger partial charge in [0.25, 0.3) is 5.91 Å². The molecule has 1 rings (SSSR count). The third-order valence-corrected chi connectivity index (χ3v) is 4.25. The van der Waals surface area contributed by atoms with E-state index in [1.54, 1.807) is 12.1 Å². The molecule has 0 aliphatic rings. The van der Waals surface area contributed by atoms with Crippen LogP contribution in [0.2, 0.25) is 0 Å². The van der Waals surface area contributed by atoms with E-state index in [1.165, 1.54) is 11.8 Å². The minimum absolute atomic E-state index is 0.00480. The molecule has 6 heteroatoms. The summed E-state index contributed by atoms with van der Waals surface area (Å²) >= 11 is 4.86. The van der Waals surface area contributed by atoms with Crippen molar-refractivity contribution in [2.75, 3.05) is 19.5 Å². The van der Waals surface area contributed by atoms with Crippen LogP contribution < -0.4 is 10.1 Å². The van der Waals surface area contributed by atoms with Crippen LogP contribution in [0.1, 0.15) is 6.92 Å². The first kappa shape index (κ1) is 16.3. The molecule has 2 N–H and O–H groups in total. The van der Waals surface area contributed by atoms with Crippen LogP contribution in [0.4, 0.5) is 0 Å². The zero-order valence-electron chi connectivity index (χ0n) is 10.9. The Balaban J connectivity index is 2.39. The minimum atomic E-state index is -0.194. The summed E-state index contributed by atoms with van der Waals surface area (Å²) in [5.74, 6) is 0.445. The number of nitrogens with one attached hydrogen (secondary N) is 1. The Kier molecular flexibility index (Phi) is 7.27. The predicted octanol–water partition coefficient (Wildman–Crippen LogP) is 2.06. The lowest BCUT2D eigenvalue weighted by Gasteiger charge is -2.21. The third-order valence-electron chi connectivity index (χ3n) is 2.60. The van der Waals surface area contributed by atoms with Gasteiger partial charge < -0.3 is 15.2 Å². The van der Waals surface area contributed by atoms with E-state index in [-0.39, 0.29) is 30.4 Å². The Morgan fingerprint density at radius 2 is 2.32 bits per heavy atom. The number of halogens is 1. The number of hydrogen-bond acceptors (Lipinski definition) is 4. The molecular formula is C13H18BrNO3S. The Bertz CT molecular complexity index is 413. The number of aliphatic hydroxyl groups is 1. The van der Waals surface area contributed by atoms with Gasteiger partial charge in [-0.15, -0.1) is 0 Å². The van der Waals surface area contributed by atoms with Crippen LogP contribution >= 0.6 is 27.7 Å². The van der Waals surface area contributed by atoms with Crippen molar-refractivity contribution in [1.29, 1.82) is 0 Å². The number of benzene rings is 1. The van der Waals surface area contributed by atoms with Crippen LogP contribution in [0.3, 0.4) is 0 Å². The summed E-state index contributed by atoms with van der Waals surface area (Å²) in [6.07, 6.45) is 1.90. The number of carbonyl (C=O) groups excluding carboxylic acids is 1. The Hall–Kier alpha value is -0.720. The quantitative estimate of drug-likeness (QED) is 0.792. The fraction of sp³-hybridized carbons (Fsp3) is 0.462. The number of ether oxygens (including phenoxy) is 1. The van der Waals surface area contributed by atoms with E-state index >= 15 is 0 Å². The van der Waals surface area contributed by atoms with E-state index < -0.39 is 0 Å². The van der Waals surface area contributed by atoms with Gasteiger partial charge in [-0.05, 0) is 31.4 Å². The van der Waals surface area contributed by atoms with Crippen molar-refractivity contribution in [3.05, 3.63) is 28.7 Å². The molecule has 0 aliphatic heterocycles. The van der Waals surface area contributed by atoms with Gasteiger partial charge in [0.2, 0.25) is 0 Å². The van der Waals surface area contributed by atoms with Crippen molar-refractivity contribution in [3.8, 4) is 5.75 Å². The van der Waals surface area contributed by atoms with Crippen LogP contribution in [-0.4, -0.2) is 41.8 Å². The van der Waals surface area contributed by atoms with E-state index in [0.29, 0.717) is 5.75 Å². The van der Waals surface area contributed by atoms with Crippen LogP contribution in [0.5, 0.6) is 5.75 Å². The van der Waals surface area contributed by atoms with E-state index in [2.05, 4.69) is 21.2 Å². The summed E-state index contributed by atoms with van der Waals surface area (Å²) in [6, 6.07) is 7.22. The summed E-state index contributed by atoms with van der Waals surface area (Å²) in [6.45, 7) is 1.87. The number of aliphatic hydroxyl groups excluding tert-OH is 1. The molecule has 0 radical (unpaired) electrons. The lowest BCUT2D eigenvalue weighted by molar-refractivity contribution is -0.123. The van der Waals surface area contributed by atoms with Gasteiger partial charge in [0.1, 0.15) is 5.75 Å². The Morgan fingerprint density at radius 3 is 2.89 bits per heavy atom. The topological polar surface area (TPSA) is 58.6 Å². The number of amides is 1. The van der Waals surface area contributed by atoms with Crippen molar-refractivity contribution in [3.63, 3.8) is 0 Å². The zero-order valence-corrected chi connectivity index (χ0v) is 13.3. The Morgan fingerprint density at radius 1 is 1.58 bits per heavy atom. The molecule has 19 heavy (non-hydrogen) atoms.